The van der Waals surface area contributed by atoms with Crippen molar-refractivity contribution in [3.63, 3.8) is 0 Å². The summed E-state index contributed by atoms with van der Waals surface area (Å²) in [6.07, 6.45) is 0.0551. The summed E-state index contributed by atoms with van der Waals surface area (Å²) < 4.78 is 11.4. The lowest BCUT2D eigenvalue weighted by Gasteiger charge is -2.22. The van der Waals surface area contributed by atoms with Crippen LogP contribution in [0.3, 0.4) is 0 Å². The Bertz CT molecular complexity index is 712. The highest BCUT2D eigenvalue weighted by molar-refractivity contribution is 6.07. The molecule has 1 heterocycles. The Morgan fingerprint density at radius 1 is 1.38 bits per heavy atom. The normalized spacial score (nSPS) is 13.2. The maximum Gasteiger partial charge on any atom is 0.163 e. The number of furan rings is 1. The highest BCUT2D eigenvalue weighted by Gasteiger charge is 2.18. The zero-order chi connectivity index (χ0) is 17.9. The predicted molar refractivity (Wildman–Crippen MR) is 94.9 cm³/mol. The first-order valence-corrected chi connectivity index (χ1v) is 8.33. The first kappa shape index (κ1) is 18.5. The molecular formula is C19H27NO4. The number of benzene rings is 1. The number of hydrogen-bond donors (Lipinski definition) is 2. The zero-order valence-corrected chi connectivity index (χ0v) is 15.1. The molecule has 24 heavy (non-hydrogen) atoms. The van der Waals surface area contributed by atoms with E-state index in [1.54, 1.807) is 25.1 Å². The summed E-state index contributed by atoms with van der Waals surface area (Å²) in [6, 6.07) is 5.40. The number of carbonyl (C=O) groups is 1. The van der Waals surface area contributed by atoms with Gasteiger partial charge in [-0.15, -0.1) is 0 Å². The van der Waals surface area contributed by atoms with Gasteiger partial charge in [-0.1, -0.05) is 6.92 Å². The van der Waals surface area contributed by atoms with Gasteiger partial charge >= 0.3 is 0 Å². The van der Waals surface area contributed by atoms with E-state index in [1.807, 2.05) is 27.7 Å². The van der Waals surface area contributed by atoms with Crippen LogP contribution in [0.1, 0.15) is 50.7 Å². The van der Waals surface area contributed by atoms with Crippen molar-refractivity contribution in [1.29, 1.82) is 0 Å². The second-order valence-corrected chi connectivity index (χ2v) is 7.06. The molecule has 132 valence electrons. The molecule has 0 saturated heterocycles. The van der Waals surface area contributed by atoms with Crippen LogP contribution in [0, 0.1) is 0 Å². The van der Waals surface area contributed by atoms with Crippen molar-refractivity contribution >= 4 is 16.8 Å². The molecular weight excluding hydrogens is 306 g/mol. The minimum absolute atomic E-state index is 0.0165. The van der Waals surface area contributed by atoms with E-state index in [9.17, 15) is 9.90 Å². The molecule has 1 atom stereocenters. The maximum atomic E-state index is 11.9. The highest BCUT2D eigenvalue weighted by atomic mass is 16.5. The third-order valence-electron chi connectivity index (χ3n) is 3.72. The van der Waals surface area contributed by atoms with Crippen LogP contribution < -0.4 is 10.1 Å². The number of ketones is 1. The number of rotatable bonds is 7. The van der Waals surface area contributed by atoms with E-state index in [4.69, 9.17) is 9.15 Å². The van der Waals surface area contributed by atoms with Crippen LogP contribution >= 0.6 is 0 Å². The Labute approximate surface area is 143 Å². The number of β-amino-alcohol motifs (C(OH)–C–C–N with tert-alkyl or cyclic N) is 1. The zero-order valence-electron chi connectivity index (χ0n) is 15.1. The molecule has 0 bridgehead atoms. The van der Waals surface area contributed by atoms with Gasteiger partial charge in [0.25, 0.3) is 0 Å². The average Bonchev–Trinajstić information content (AvgIpc) is 2.88. The largest absolute Gasteiger partial charge is 0.491 e. The van der Waals surface area contributed by atoms with E-state index in [2.05, 4.69) is 5.32 Å². The monoisotopic (exact) mass is 333 g/mol. The van der Waals surface area contributed by atoms with Crippen LogP contribution in [0.15, 0.2) is 22.6 Å². The summed E-state index contributed by atoms with van der Waals surface area (Å²) in [5.41, 5.74) is 1.25. The predicted octanol–water partition coefficient (Wildman–Crippen LogP) is 3.33. The van der Waals surface area contributed by atoms with Gasteiger partial charge in [0.1, 0.15) is 29.8 Å². The van der Waals surface area contributed by atoms with Crippen LogP contribution in [0.5, 0.6) is 5.75 Å². The molecule has 5 nitrogen and oxygen atoms in total. The Hall–Kier alpha value is -1.85. The number of aliphatic hydroxyl groups is 1. The summed E-state index contributed by atoms with van der Waals surface area (Å²) in [7, 11) is 0. The Morgan fingerprint density at radius 2 is 2.08 bits per heavy atom. The number of hydrogen-bond acceptors (Lipinski definition) is 5. The summed E-state index contributed by atoms with van der Waals surface area (Å²) in [5, 5.41) is 14.0. The van der Waals surface area contributed by atoms with E-state index < -0.39 is 6.10 Å². The second-order valence-electron chi connectivity index (χ2n) is 7.06. The molecule has 1 unspecified atom stereocenters. The Kier molecular flexibility index (Phi) is 5.67. The third kappa shape index (κ3) is 4.58. The Morgan fingerprint density at radius 3 is 2.67 bits per heavy atom. The lowest BCUT2D eigenvalue weighted by atomic mass is 10.1. The maximum absolute atomic E-state index is 11.9. The van der Waals surface area contributed by atoms with Crippen molar-refractivity contribution in [1.82, 2.24) is 5.32 Å². The molecule has 0 aliphatic carbocycles. The van der Waals surface area contributed by atoms with Gasteiger partial charge in [0.05, 0.1) is 5.56 Å². The number of ether oxygens (including phenoxy) is 1. The first-order chi connectivity index (χ1) is 11.2. The van der Waals surface area contributed by atoms with Gasteiger partial charge in [-0.2, -0.15) is 0 Å². The van der Waals surface area contributed by atoms with Gasteiger partial charge in [-0.05, 0) is 45.9 Å². The van der Waals surface area contributed by atoms with Crippen molar-refractivity contribution < 1.29 is 19.1 Å². The molecule has 2 aromatic rings. The number of aryl methyl sites for hydroxylation is 1. The van der Waals surface area contributed by atoms with Crippen LogP contribution in [0.4, 0.5) is 0 Å². The van der Waals surface area contributed by atoms with E-state index in [1.165, 1.54) is 0 Å². The lowest BCUT2D eigenvalue weighted by molar-refractivity contribution is 0.1000. The summed E-state index contributed by atoms with van der Waals surface area (Å²) in [6.45, 7) is 10.3. The fourth-order valence-corrected chi connectivity index (χ4v) is 2.53. The van der Waals surface area contributed by atoms with Gasteiger partial charge < -0.3 is 19.6 Å². The van der Waals surface area contributed by atoms with E-state index >= 15 is 0 Å². The molecule has 0 amide bonds. The molecule has 0 aliphatic rings. The van der Waals surface area contributed by atoms with Crippen LogP contribution in [-0.2, 0) is 6.42 Å². The molecule has 0 saturated carbocycles. The van der Waals surface area contributed by atoms with Crippen molar-refractivity contribution in [2.24, 2.45) is 0 Å². The van der Waals surface area contributed by atoms with Crippen LogP contribution in [0.25, 0.3) is 11.0 Å². The minimum atomic E-state index is -0.609. The fourth-order valence-electron chi connectivity index (χ4n) is 2.53. The van der Waals surface area contributed by atoms with E-state index in [0.29, 0.717) is 35.6 Å². The SMILES string of the molecule is CCc1oc2ccc(OCC(O)CNC(C)(C)C)cc2c1C(C)=O. The average molecular weight is 333 g/mol. The quantitative estimate of drug-likeness (QED) is 0.761. The molecule has 2 N–H and O–H groups in total. The van der Waals surface area contributed by atoms with Gasteiger partial charge in [-0.3, -0.25) is 4.79 Å². The molecule has 0 radical (unpaired) electrons. The van der Waals surface area contributed by atoms with E-state index in [-0.39, 0.29) is 17.9 Å². The fraction of sp³-hybridized carbons (Fsp3) is 0.526. The highest BCUT2D eigenvalue weighted by Crippen LogP contribution is 2.30. The molecule has 0 aliphatic heterocycles. The van der Waals surface area contributed by atoms with Crippen LogP contribution in [0.2, 0.25) is 0 Å². The van der Waals surface area contributed by atoms with Gasteiger partial charge in [0.2, 0.25) is 0 Å². The van der Waals surface area contributed by atoms with Crippen molar-refractivity contribution in [3.05, 3.63) is 29.5 Å². The number of nitrogens with one attached hydrogen (secondary N) is 1. The molecule has 1 aromatic heterocycles. The molecule has 0 spiro atoms. The van der Waals surface area contributed by atoms with Gasteiger partial charge in [0, 0.05) is 23.9 Å². The standard InChI is InChI=1S/C19H27NO4/c1-6-16-18(12(2)21)15-9-14(7-8-17(15)24-16)23-11-13(22)10-20-19(3,4)5/h7-9,13,20,22H,6,10-11H2,1-5H3. The topological polar surface area (TPSA) is 71.7 Å². The molecule has 0 fully saturated rings. The van der Waals surface area contributed by atoms with Gasteiger partial charge in [0.15, 0.2) is 5.78 Å². The number of fused-ring (bicyclic) bond motifs is 1. The molecule has 2 rings (SSSR count). The van der Waals surface area contributed by atoms with Crippen molar-refractivity contribution in [2.45, 2.75) is 52.7 Å². The summed E-state index contributed by atoms with van der Waals surface area (Å²) in [5.74, 6) is 1.30. The minimum Gasteiger partial charge on any atom is -0.491 e. The smallest absolute Gasteiger partial charge is 0.163 e. The number of Topliss-reactive ketones (excluding diaryl/α,β-unsaturated/α-hetero) is 1. The lowest BCUT2D eigenvalue weighted by Crippen LogP contribution is -2.42. The van der Waals surface area contributed by atoms with Crippen LogP contribution in [-0.4, -0.2) is 35.7 Å². The first-order valence-electron chi connectivity index (χ1n) is 8.33. The second kappa shape index (κ2) is 7.36. The Balaban J connectivity index is 2.10. The number of aliphatic hydroxyl groups excluding tert-OH is 1. The third-order valence-corrected chi connectivity index (χ3v) is 3.72. The summed E-state index contributed by atoms with van der Waals surface area (Å²) in [4.78, 5) is 11.9. The molecule has 5 heteroatoms. The van der Waals surface area contributed by atoms with Crippen molar-refractivity contribution in [2.75, 3.05) is 13.2 Å². The molecule has 1 aromatic carbocycles. The number of carbonyl (C=O) groups excluding carboxylic acids is 1. The summed E-state index contributed by atoms with van der Waals surface area (Å²) >= 11 is 0. The van der Waals surface area contributed by atoms with Gasteiger partial charge in [-0.25, -0.2) is 0 Å². The van der Waals surface area contributed by atoms with Crippen molar-refractivity contribution in [3.8, 4) is 5.75 Å². The van der Waals surface area contributed by atoms with E-state index in [0.717, 1.165) is 5.39 Å².